The Bertz CT molecular complexity index is 803. The van der Waals surface area contributed by atoms with Gasteiger partial charge in [0.05, 0.1) is 0 Å². The fourth-order valence-corrected chi connectivity index (χ4v) is 7.89. The van der Waals surface area contributed by atoms with Crippen LogP contribution in [0.25, 0.3) is 0 Å². The van der Waals surface area contributed by atoms with Crippen molar-refractivity contribution < 1.29 is 19.5 Å². The van der Waals surface area contributed by atoms with Crippen molar-refractivity contribution in [3.8, 4) is 0 Å². The van der Waals surface area contributed by atoms with E-state index in [9.17, 15) is 19.5 Å². The molecule has 1 aliphatic heterocycles. The van der Waals surface area contributed by atoms with Gasteiger partial charge in [-0.2, -0.15) is 0 Å². The summed E-state index contributed by atoms with van der Waals surface area (Å²) in [6.07, 6.45) is 7.18. The predicted octanol–water partition coefficient (Wildman–Crippen LogP) is 3.57. The van der Waals surface area contributed by atoms with Crippen molar-refractivity contribution in [2.45, 2.75) is 66.2 Å². The van der Waals surface area contributed by atoms with Gasteiger partial charge >= 0.3 is 5.97 Å². The smallest absolute Gasteiger partial charge is 0.323 e. The summed E-state index contributed by atoms with van der Waals surface area (Å²) < 4.78 is 0. The fraction of sp³-hybridized carbons (Fsp3) is 0.800. The summed E-state index contributed by atoms with van der Waals surface area (Å²) in [7, 11) is 0. The quantitative estimate of drug-likeness (QED) is 0.721. The Morgan fingerprint density at radius 1 is 1.13 bits per heavy atom. The molecular formula is C25H38N2O4. The van der Waals surface area contributed by atoms with Crippen LogP contribution < -0.4 is 0 Å². The summed E-state index contributed by atoms with van der Waals surface area (Å²) in [5.41, 5.74) is 0.789. The molecule has 6 atom stereocenters. The maximum absolute atomic E-state index is 13.4. The van der Waals surface area contributed by atoms with E-state index < -0.39 is 5.97 Å². The number of carbonyl (C=O) groups is 3. The molecule has 31 heavy (non-hydrogen) atoms. The highest BCUT2D eigenvalue weighted by Gasteiger charge is 2.61. The van der Waals surface area contributed by atoms with E-state index in [-0.39, 0.29) is 29.1 Å². The Morgan fingerprint density at radius 2 is 1.84 bits per heavy atom. The minimum Gasteiger partial charge on any atom is -0.480 e. The van der Waals surface area contributed by atoms with Crippen LogP contribution in [0.2, 0.25) is 0 Å². The first-order chi connectivity index (χ1) is 14.7. The van der Waals surface area contributed by atoms with E-state index >= 15 is 0 Å². The largest absolute Gasteiger partial charge is 0.480 e. The number of hydrogen-bond donors (Lipinski definition) is 1. The molecule has 0 radical (unpaired) electrons. The summed E-state index contributed by atoms with van der Waals surface area (Å²) in [6.45, 7) is 10.8. The Balaban J connectivity index is 1.67. The summed E-state index contributed by atoms with van der Waals surface area (Å²) in [4.78, 5) is 41.2. The zero-order valence-electron chi connectivity index (χ0n) is 19.5. The minimum absolute atomic E-state index is 0.0161. The number of fused-ring (bicyclic) bond motifs is 5. The molecule has 1 amide bonds. The Labute approximate surface area is 186 Å². The number of carboxylic acid groups (broad SMARTS) is 1. The number of piperidine rings is 1. The standard InChI is InChI=1S/C25H38N2O4/c1-5-26(6-2)23(31)20-8-7-18-17-14-27(15-22(29)30)21-13-16(28)9-11-25(21,4)19(17)10-12-24(18,20)3/h13,17-20H,5-12,14-15H2,1-4H3,(H,29,30)/t17-,18-,19-,20+,24-,25+/m0/s1. The molecule has 1 N–H and O–H groups in total. The van der Waals surface area contributed by atoms with Crippen LogP contribution >= 0.6 is 0 Å². The van der Waals surface area contributed by atoms with Crippen molar-refractivity contribution in [3.63, 3.8) is 0 Å². The van der Waals surface area contributed by atoms with E-state index in [1.807, 2.05) is 9.80 Å². The lowest BCUT2D eigenvalue weighted by molar-refractivity contribution is -0.145. The van der Waals surface area contributed by atoms with Gasteiger partial charge in [0, 0.05) is 49.2 Å². The van der Waals surface area contributed by atoms with Crippen molar-refractivity contribution in [2.75, 3.05) is 26.2 Å². The highest BCUT2D eigenvalue weighted by atomic mass is 16.4. The SMILES string of the molecule is CCN(CC)C(=O)[C@H]1CC[C@H]2[C@@H]3CN(CC(=O)O)C4=CC(=O)CC[C@]4(C)[C@H]3CC[C@]12C. The molecule has 1 saturated heterocycles. The zero-order valence-corrected chi connectivity index (χ0v) is 19.5. The van der Waals surface area contributed by atoms with Crippen LogP contribution in [-0.2, 0) is 14.4 Å². The van der Waals surface area contributed by atoms with Crippen LogP contribution in [0, 0.1) is 34.5 Å². The normalized spacial score (nSPS) is 39.3. The second-order valence-corrected chi connectivity index (χ2v) is 10.7. The number of nitrogens with zero attached hydrogens (tertiary/aromatic N) is 2. The van der Waals surface area contributed by atoms with Gasteiger partial charge in [-0.05, 0) is 69.1 Å². The summed E-state index contributed by atoms with van der Waals surface area (Å²) >= 11 is 0. The fourth-order valence-electron chi connectivity index (χ4n) is 7.89. The molecule has 0 unspecified atom stereocenters. The molecule has 0 aromatic heterocycles. The number of allylic oxidation sites excluding steroid dienone is 2. The van der Waals surface area contributed by atoms with E-state index in [1.165, 1.54) is 0 Å². The summed E-state index contributed by atoms with van der Waals surface area (Å²) in [5, 5.41) is 9.57. The van der Waals surface area contributed by atoms with Crippen molar-refractivity contribution in [1.29, 1.82) is 0 Å². The second-order valence-electron chi connectivity index (χ2n) is 10.7. The van der Waals surface area contributed by atoms with Crippen molar-refractivity contribution in [1.82, 2.24) is 9.80 Å². The van der Waals surface area contributed by atoms with Gasteiger partial charge in [-0.15, -0.1) is 0 Å². The molecule has 4 rings (SSSR count). The van der Waals surface area contributed by atoms with Gasteiger partial charge in [-0.25, -0.2) is 0 Å². The molecule has 6 nitrogen and oxygen atoms in total. The summed E-state index contributed by atoms with van der Waals surface area (Å²) in [5.74, 6) is 0.918. The third kappa shape index (κ3) is 3.41. The number of hydrogen-bond acceptors (Lipinski definition) is 4. The first-order valence-corrected chi connectivity index (χ1v) is 12.2. The molecule has 3 fully saturated rings. The van der Waals surface area contributed by atoms with Crippen LogP contribution in [0.5, 0.6) is 0 Å². The maximum Gasteiger partial charge on any atom is 0.323 e. The van der Waals surface area contributed by atoms with Gasteiger partial charge in [-0.1, -0.05) is 13.8 Å². The number of carboxylic acids is 1. The van der Waals surface area contributed by atoms with Crippen LogP contribution in [0.3, 0.4) is 0 Å². The average molecular weight is 431 g/mol. The molecule has 1 heterocycles. The molecule has 0 spiro atoms. The van der Waals surface area contributed by atoms with E-state index in [2.05, 4.69) is 27.7 Å². The number of amides is 1. The molecule has 172 valence electrons. The molecule has 0 aromatic carbocycles. The van der Waals surface area contributed by atoms with Crippen molar-refractivity contribution in [3.05, 3.63) is 11.8 Å². The van der Waals surface area contributed by atoms with Gasteiger partial charge in [0.15, 0.2) is 5.78 Å². The van der Waals surface area contributed by atoms with Gasteiger partial charge in [-0.3, -0.25) is 14.4 Å². The molecular weight excluding hydrogens is 392 g/mol. The van der Waals surface area contributed by atoms with Gasteiger partial charge < -0.3 is 14.9 Å². The number of aliphatic carboxylic acids is 1. The lowest BCUT2D eigenvalue weighted by Gasteiger charge is -2.60. The van der Waals surface area contributed by atoms with E-state index in [1.54, 1.807) is 6.08 Å². The zero-order chi connectivity index (χ0) is 22.6. The van der Waals surface area contributed by atoms with Crippen LogP contribution in [0.4, 0.5) is 0 Å². The van der Waals surface area contributed by atoms with E-state index in [4.69, 9.17) is 0 Å². The lowest BCUT2D eigenvalue weighted by Crippen LogP contribution is -2.59. The Kier molecular flexibility index (Phi) is 5.72. The van der Waals surface area contributed by atoms with Gasteiger partial charge in [0.25, 0.3) is 0 Å². The summed E-state index contributed by atoms with van der Waals surface area (Å²) in [6, 6.07) is 0. The monoisotopic (exact) mass is 430 g/mol. The topological polar surface area (TPSA) is 77.9 Å². The Hall–Kier alpha value is -1.85. The first kappa shape index (κ1) is 22.3. The molecule has 0 bridgehead atoms. The highest BCUT2D eigenvalue weighted by Crippen LogP contribution is 2.65. The Morgan fingerprint density at radius 3 is 2.48 bits per heavy atom. The van der Waals surface area contributed by atoms with Gasteiger partial charge in [0.1, 0.15) is 6.54 Å². The second kappa shape index (κ2) is 7.93. The lowest BCUT2D eigenvalue weighted by atomic mass is 9.49. The minimum atomic E-state index is -0.848. The number of likely N-dealkylation sites (tertiary alicyclic amines) is 1. The van der Waals surface area contributed by atoms with Crippen LogP contribution in [-0.4, -0.2) is 58.7 Å². The first-order valence-electron chi connectivity index (χ1n) is 12.2. The number of rotatable bonds is 5. The van der Waals surface area contributed by atoms with Crippen molar-refractivity contribution >= 4 is 17.7 Å². The van der Waals surface area contributed by atoms with Gasteiger partial charge in [0.2, 0.25) is 5.91 Å². The van der Waals surface area contributed by atoms with Crippen LogP contribution in [0.1, 0.15) is 66.2 Å². The molecule has 4 aliphatic rings. The molecule has 3 aliphatic carbocycles. The average Bonchev–Trinajstić information content (AvgIpc) is 3.07. The molecule has 0 aromatic rings. The third-order valence-electron chi connectivity index (χ3n) is 9.50. The van der Waals surface area contributed by atoms with Crippen LogP contribution in [0.15, 0.2) is 11.8 Å². The number of ketones is 1. The van der Waals surface area contributed by atoms with Crippen molar-refractivity contribution in [2.24, 2.45) is 34.5 Å². The maximum atomic E-state index is 13.4. The number of carbonyl (C=O) groups excluding carboxylic acids is 2. The molecule has 2 saturated carbocycles. The highest BCUT2D eigenvalue weighted by molar-refractivity contribution is 5.91. The van der Waals surface area contributed by atoms with E-state index in [0.717, 1.165) is 50.9 Å². The predicted molar refractivity (Wildman–Crippen MR) is 118 cm³/mol. The third-order valence-corrected chi connectivity index (χ3v) is 9.50. The molecule has 6 heteroatoms. The van der Waals surface area contributed by atoms with E-state index in [0.29, 0.717) is 36.6 Å².